The summed E-state index contributed by atoms with van der Waals surface area (Å²) in [6.45, 7) is 2.23. The van der Waals surface area contributed by atoms with Crippen LogP contribution in [-0.4, -0.2) is 37.1 Å². The highest BCUT2D eigenvalue weighted by Crippen LogP contribution is 2.31. The molecule has 1 aromatic heterocycles. The second-order valence-corrected chi connectivity index (χ2v) is 6.95. The number of carbonyl (C=O) groups excluding carboxylic acids is 1. The smallest absolute Gasteiger partial charge is 0.294 e. The van der Waals surface area contributed by atoms with Gasteiger partial charge in [0.25, 0.3) is 5.69 Å². The number of hydrogen-bond donors (Lipinski definition) is 1. The van der Waals surface area contributed by atoms with E-state index in [0.717, 1.165) is 5.56 Å². The van der Waals surface area contributed by atoms with Crippen molar-refractivity contribution >= 4 is 29.0 Å². The van der Waals surface area contributed by atoms with Gasteiger partial charge in [-0.05, 0) is 30.3 Å². The molecule has 1 N–H and O–H groups in total. The Bertz CT molecular complexity index is 1100. The van der Waals surface area contributed by atoms with Crippen LogP contribution in [0, 0.1) is 10.1 Å². The lowest BCUT2D eigenvalue weighted by Gasteiger charge is -2.28. The number of benzene rings is 2. The van der Waals surface area contributed by atoms with Crippen LogP contribution in [0.4, 0.5) is 17.1 Å². The molecule has 31 heavy (non-hydrogen) atoms. The van der Waals surface area contributed by atoms with E-state index in [2.05, 4.69) is 5.32 Å². The predicted octanol–water partition coefficient (Wildman–Crippen LogP) is 4.34. The SMILES string of the molecule is O=C(/C=C/c1ccc(-c2ccccc2)o1)Nc1ccc(N2CCOCC2)c([N+](=O)[O-])c1. The number of amides is 1. The largest absolute Gasteiger partial charge is 0.457 e. The lowest BCUT2D eigenvalue weighted by Crippen LogP contribution is -2.36. The van der Waals surface area contributed by atoms with E-state index in [9.17, 15) is 14.9 Å². The first-order chi connectivity index (χ1) is 15.1. The molecule has 0 aliphatic carbocycles. The van der Waals surface area contributed by atoms with Gasteiger partial charge in [-0.25, -0.2) is 0 Å². The van der Waals surface area contributed by atoms with Crippen LogP contribution in [0.25, 0.3) is 17.4 Å². The Kier molecular flexibility index (Phi) is 6.09. The quantitative estimate of drug-likeness (QED) is 0.363. The van der Waals surface area contributed by atoms with Crippen LogP contribution in [0.5, 0.6) is 0 Å². The fourth-order valence-electron chi connectivity index (χ4n) is 3.36. The number of rotatable bonds is 6. The van der Waals surface area contributed by atoms with E-state index in [-0.39, 0.29) is 5.69 Å². The molecule has 1 aliphatic rings. The Morgan fingerprint density at radius 2 is 1.84 bits per heavy atom. The minimum absolute atomic E-state index is 0.0535. The Morgan fingerprint density at radius 3 is 2.58 bits per heavy atom. The number of nitro benzene ring substituents is 1. The fraction of sp³-hybridized carbons (Fsp3) is 0.174. The van der Waals surface area contributed by atoms with Crippen LogP contribution >= 0.6 is 0 Å². The summed E-state index contributed by atoms with van der Waals surface area (Å²) in [4.78, 5) is 25.3. The van der Waals surface area contributed by atoms with Gasteiger partial charge in [0.1, 0.15) is 17.2 Å². The highest BCUT2D eigenvalue weighted by atomic mass is 16.6. The van der Waals surface area contributed by atoms with Gasteiger partial charge in [-0.3, -0.25) is 14.9 Å². The molecule has 2 aromatic carbocycles. The molecule has 0 bridgehead atoms. The molecule has 8 heteroatoms. The number of anilines is 2. The highest BCUT2D eigenvalue weighted by Gasteiger charge is 2.22. The second kappa shape index (κ2) is 9.27. The third-order valence-corrected chi connectivity index (χ3v) is 4.88. The van der Waals surface area contributed by atoms with Crippen LogP contribution in [0.3, 0.4) is 0 Å². The minimum Gasteiger partial charge on any atom is -0.457 e. The predicted molar refractivity (Wildman–Crippen MR) is 118 cm³/mol. The molecule has 1 amide bonds. The van der Waals surface area contributed by atoms with E-state index in [1.165, 1.54) is 12.1 Å². The Hall–Kier alpha value is -3.91. The summed E-state index contributed by atoms with van der Waals surface area (Å²) < 4.78 is 11.0. The van der Waals surface area contributed by atoms with Crippen molar-refractivity contribution in [1.29, 1.82) is 0 Å². The van der Waals surface area contributed by atoms with Crippen molar-refractivity contribution in [3.05, 3.63) is 82.6 Å². The first-order valence-electron chi connectivity index (χ1n) is 9.85. The number of nitro groups is 1. The number of nitrogens with one attached hydrogen (secondary N) is 1. The Labute approximate surface area is 178 Å². The van der Waals surface area contributed by atoms with E-state index < -0.39 is 10.8 Å². The Morgan fingerprint density at radius 1 is 1.06 bits per heavy atom. The van der Waals surface area contributed by atoms with Crippen molar-refractivity contribution < 1.29 is 18.9 Å². The molecule has 8 nitrogen and oxygen atoms in total. The Balaban J connectivity index is 1.44. The van der Waals surface area contributed by atoms with Gasteiger partial charge in [-0.1, -0.05) is 30.3 Å². The van der Waals surface area contributed by atoms with E-state index >= 15 is 0 Å². The monoisotopic (exact) mass is 419 g/mol. The van der Waals surface area contributed by atoms with Crippen molar-refractivity contribution in [3.8, 4) is 11.3 Å². The van der Waals surface area contributed by atoms with E-state index in [1.807, 2.05) is 41.3 Å². The van der Waals surface area contributed by atoms with Crippen molar-refractivity contribution in [2.75, 3.05) is 36.5 Å². The van der Waals surface area contributed by atoms with Crippen LogP contribution in [0.2, 0.25) is 0 Å². The molecule has 0 atom stereocenters. The van der Waals surface area contributed by atoms with Crippen molar-refractivity contribution in [1.82, 2.24) is 0 Å². The van der Waals surface area contributed by atoms with Gasteiger partial charge in [-0.2, -0.15) is 0 Å². The fourth-order valence-corrected chi connectivity index (χ4v) is 3.36. The summed E-state index contributed by atoms with van der Waals surface area (Å²) in [6, 6.07) is 17.9. The van der Waals surface area contributed by atoms with Crippen LogP contribution in [0.1, 0.15) is 5.76 Å². The molecule has 0 unspecified atom stereocenters. The van der Waals surface area contributed by atoms with Crippen molar-refractivity contribution in [2.45, 2.75) is 0 Å². The maximum absolute atomic E-state index is 12.3. The number of ether oxygens (including phenoxy) is 1. The van der Waals surface area contributed by atoms with Gasteiger partial charge in [0.15, 0.2) is 0 Å². The lowest BCUT2D eigenvalue weighted by atomic mass is 10.2. The van der Waals surface area contributed by atoms with Crippen LogP contribution in [0.15, 0.2) is 71.2 Å². The zero-order valence-corrected chi connectivity index (χ0v) is 16.7. The molecule has 1 saturated heterocycles. The lowest BCUT2D eigenvalue weighted by molar-refractivity contribution is -0.384. The topological polar surface area (TPSA) is 97.9 Å². The summed E-state index contributed by atoms with van der Waals surface area (Å²) in [6.07, 6.45) is 2.88. The van der Waals surface area contributed by atoms with E-state index in [1.54, 1.807) is 24.3 Å². The molecule has 0 radical (unpaired) electrons. The summed E-state index contributed by atoms with van der Waals surface area (Å²) in [5, 5.41) is 14.2. The third kappa shape index (κ3) is 4.99. The summed E-state index contributed by atoms with van der Waals surface area (Å²) in [7, 11) is 0. The van der Waals surface area contributed by atoms with E-state index in [0.29, 0.717) is 49.2 Å². The first-order valence-corrected chi connectivity index (χ1v) is 9.85. The summed E-state index contributed by atoms with van der Waals surface area (Å²) in [5.74, 6) is 0.823. The number of furan rings is 1. The average molecular weight is 419 g/mol. The van der Waals surface area contributed by atoms with Crippen LogP contribution < -0.4 is 10.2 Å². The summed E-state index contributed by atoms with van der Waals surface area (Å²) in [5.41, 5.74) is 1.76. The zero-order chi connectivity index (χ0) is 21.6. The molecule has 1 aliphatic heterocycles. The van der Waals surface area contributed by atoms with Crippen molar-refractivity contribution in [2.24, 2.45) is 0 Å². The van der Waals surface area contributed by atoms with Crippen LogP contribution in [-0.2, 0) is 9.53 Å². The third-order valence-electron chi connectivity index (χ3n) is 4.88. The average Bonchev–Trinajstić information content (AvgIpc) is 3.28. The maximum Gasteiger partial charge on any atom is 0.294 e. The van der Waals surface area contributed by atoms with Gasteiger partial charge < -0.3 is 19.4 Å². The molecule has 4 rings (SSSR count). The van der Waals surface area contributed by atoms with Gasteiger partial charge in [0.2, 0.25) is 5.91 Å². The zero-order valence-electron chi connectivity index (χ0n) is 16.7. The van der Waals surface area contributed by atoms with Gasteiger partial charge in [-0.15, -0.1) is 0 Å². The standard InChI is InChI=1S/C23H21N3O5/c27-23(11-8-19-7-10-22(31-19)17-4-2-1-3-5-17)24-18-6-9-20(21(16-18)26(28)29)25-12-14-30-15-13-25/h1-11,16H,12-15H2,(H,24,27)/b11-8+. The minimum atomic E-state index is -0.440. The van der Waals surface area contributed by atoms with E-state index in [4.69, 9.17) is 9.15 Å². The number of nitrogens with zero attached hydrogens (tertiary/aromatic N) is 2. The molecular weight excluding hydrogens is 398 g/mol. The molecule has 2 heterocycles. The highest BCUT2D eigenvalue weighted by molar-refractivity contribution is 6.02. The molecule has 0 spiro atoms. The molecule has 158 valence electrons. The normalized spacial score (nSPS) is 14.0. The molecule has 3 aromatic rings. The molecular formula is C23H21N3O5. The second-order valence-electron chi connectivity index (χ2n) is 6.95. The molecule has 1 fully saturated rings. The first kappa shape index (κ1) is 20.4. The number of morpholine rings is 1. The maximum atomic E-state index is 12.3. The van der Waals surface area contributed by atoms with Gasteiger partial charge >= 0.3 is 0 Å². The number of carbonyl (C=O) groups is 1. The van der Waals surface area contributed by atoms with Gasteiger partial charge in [0.05, 0.1) is 18.1 Å². The number of hydrogen-bond acceptors (Lipinski definition) is 6. The summed E-state index contributed by atoms with van der Waals surface area (Å²) >= 11 is 0. The van der Waals surface area contributed by atoms with Gasteiger partial charge in [0, 0.05) is 36.5 Å². The van der Waals surface area contributed by atoms with Crippen molar-refractivity contribution in [3.63, 3.8) is 0 Å². The molecule has 0 saturated carbocycles.